The lowest BCUT2D eigenvalue weighted by Crippen LogP contribution is -2.12. The molecule has 0 saturated heterocycles. The molecular formula is C28H30O3. The highest BCUT2D eigenvalue weighted by molar-refractivity contribution is 5.92. The zero-order chi connectivity index (χ0) is 22.6. The van der Waals surface area contributed by atoms with E-state index in [2.05, 4.69) is 52.5 Å². The second-order valence-corrected chi connectivity index (χ2v) is 8.67. The fourth-order valence-corrected chi connectivity index (χ4v) is 3.54. The van der Waals surface area contributed by atoms with Gasteiger partial charge in [0.15, 0.2) is 0 Å². The van der Waals surface area contributed by atoms with Gasteiger partial charge in [-0.05, 0) is 59.7 Å². The minimum absolute atomic E-state index is 0.0640. The molecule has 3 aromatic rings. The van der Waals surface area contributed by atoms with E-state index < -0.39 is 0 Å². The van der Waals surface area contributed by atoms with Gasteiger partial charge in [0.05, 0.1) is 11.8 Å². The molecule has 3 rings (SSSR count). The number of carbonyl (C=O) groups is 1. The van der Waals surface area contributed by atoms with Crippen LogP contribution in [-0.4, -0.2) is 5.97 Å². The predicted octanol–water partition coefficient (Wildman–Crippen LogP) is 7.61. The predicted molar refractivity (Wildman–Crippen MR) is 127 cm³/mol. The van der Waals surface area contributed by atoms with Gasteiger partial charge in [0.1, 0.15) is 11.5 Å². The fraction of sp³-hybridized carbons (Fsp3) is 0.250. The summed E-state index contributed by atoms with van der Waals surface area (Å²) in [6.07, 6.45) is 1.89. The second kappa shape index (κ2) is 9.22. The summed E-state index contributed by atoms with van der Waals surface area (Å²) in [6, 6.07) is 20.2. The first-order valence-corrected chi connectivity index (χ1v) is 10.6. The van der Waals surface area contributed by atoms with Crippen LogP contribution in [0.5, 0.6) is 11.5 Å². The highest BCUT2D eigenvalue weighted by atomic mass is 16.5. The summed E-state index contributed by atoms with van der Waals surface area (Å²) in [5.74, 6) is 1.26. The molecule has 0 unspecified atom stereocenters. The Labute approximate surface area is 185 Å². The van der Waals surface area contributed by atoms with Crippen LogP contribution in [0, 0.1) is 6.92 Å². The summed E-state index contributed by atoms with van der Waals surface area (Å²) in [5.41, 5.74) is 5.83. The maximum Gasteiger partial charge on any atom is 0.343 e. The number of hydrogen-bond donors (Lipinski definition) is 0. The lowest BCUT2D eigenvalue weighted by atomic mass is 9.85. The van der Waals surface area contributed by atoms with Crippen molar-refractivity contribution in [3.05, 3.63) is 95.8 Å². The Hall–Kier alpha value is -3.33. The first-order chi connectivity index (χ1) is 14.7. The lowest BCUT2D eigenvalue weighted by molar-refractivity contribution is 0.0663. The van der Waals surface area contributed by atoms with Gasteiger partial charge >= 0.3 is 5.97 Å². The van der Waals surface area contributed by atoms with Crippen molar-refractivity contribution in [2.75, 3.05) is 0 Å². The van der Waals surface area contributed by atoms with Crippen molar-refractivity contribution in [3.8, 4) is 22.6 Å². The molecule has 0 aliphatic rings. The average Bonchev–Trinajstić information content (AvgIpc) is 2.74. The Balaban J connectivity index is 2.04. The number of ether oxygens (including phenoxy) is 2. The van der Waals surface area contributed by atoms with Gasteiger partial charge in [0.2, 0.25) is 0 Å². The zero-order valence-electron chi connectivity index (χ0n) is 19.0. The number of hydrogen-bond acceptors (Lipinski definition) is 3. The van der Waals surface area contributed by atoms with Crippen LogP contribution in [0.2, 0.25) is 0 Å². The molecule has 0 radical (unpaired) electrons. The third-order valence-electron chi connectivity index (χ3n) is 5.27. The molecule has 0 N–H and O–H groups in total. The summed E-state index contributed by atoms with van der Waals surface area (Å²) >= 11 is 0. The minimum atomic E-state index is -0.384. The van der Waals surface area contributed by atoms with Crippen molar-refractivity contribution in [2.24, 2.45) is 0 Å². The van der Waals surface area contributed by atoms with Crippen molar-refractivity contribution in [3.63, 3.8) is 0 Å². The van der Waals surface area contributed by atoms with E-state index in [1.807, 2.05) is 49.4 Å². The summed E-state index contributed by atoms with van der Waals surface area (Å²) < 4.78 is 11.3. The lowest BCUT2D eigenvalue weighted by Gasteiger charge is -2.23. The largest absolute Gasteiger partial charge is 0.457 e. The maximum atomic E-state index is 12.2. The molecule has 0 amide bonds. The van der Waals surface area contributed by atoms with Gasteiger partial charge in [-0.3, -0.25) is 0 Å². The third kappa shape index (κ3) is 5.24. The minimum Gasteiger partial charge on any atom is -0.457 e. The van der Waals surface area contributed by atoms with E-state index >= 15 is 0 Å². The molecule has 0 spiro atoms. The summed E-state index contributed by atoms with van der Waals surface area (Å²) in [4.78, 5) is 12.2. The van der Waals surface area contributed by atoms with Gasteiger partial charge in [0.25, 0.3) is 0 Å². The molecule has 0 atom stereocenters. The van der Waals surface area contributed by atoms with Gasteiger partial charge in [0, 0.05) is 5.56 Å². The van der Waals surface area contributed by atoms with E-state index in [1.165, 1.54) is 5.56 Å². The molecule has 0 heterocycles. The summed E-state index contributed by atoms with van der Waals surface area (Å²) in [5, 5.41) is 0. The SMILES string of the molecule is C=COC(=O)c1ccc(-c2ccc(C(C)(C)C)c(Oc3ccc(C)cc3)c2)cc1CC. The highest BCUT2D eigenvalue weighted by Gasteiger charge is 2.21. The highest BCUT2D eigenvalue weighted by Crippen LogP contribution is 2.37. The normalized spacial score (nSPS) is 11.1. The van der Waals surface area contributed by atoms with Crippen LogP contribution in [0.15, 0.2) is 73.5 Å². The summed E-state index contributed by atoms with van der Waals surface area (Å²) in [6.45, 7) is 14.1. The van der Waals surface area contributed by atoms with Crippen molar-refractivity contribution in [2.45, 2.75) is 46.5 Å². The van der Waals surface area contributed by atoms with Gasteiger partial charge < -0.3 is 9.47 Å². The van der Waals surface area contributed by atoms with Crippen molar-refractivity contribution < 1.29 is 14.3 Å². The third-order valence-corrected chi connectivity index (χ3v) is 5.27. The molecular weight excluding hydrogens is 384 g/mol. The number of benzene rings is 3. The molecule has 160 valence electrons. The molecule has 3 aromatic carbocycles. The Morgan fingerprint density at radius 1 is 0.968 bits per heavy atom. The number of rotatable bonds is 6. The molecule has 0 aromatic heterocycles. The molecule has 0 saturated carbocycles. The zero-order valence-corrected chi connectivity index (χ0v) is 19.0. The Morgan fingerprint density at radius 3 is 2.23 bits per heavy atom. The Morgan fingerprint density at radius 2 is 1.61 bits per heavy atom. The molecule has 3 heteroatoms. The molecule has 3 nitrogen and oxygen atoms in total. The molecule has 31 heavy (non-hydrogen) atoms. The van der Waals surface area contributed by atoms with E-state index in [-0.39, 0.29) is 11.4 Å². The van der Waals surface area contributed by atoms with Crippen LogP contribution in [0.1, 0.15) is 54.7 Å². The van der Waals surface area contributed by atoms with Crippen molar-refractivity contribution in [1.82, 2.24) is 0 Å². The van der Waals surface area contributed by atoms with Crippen molar-refractivity contribution in [1.29, 1.82) is 0 Å². The van der Waals surface area contributed by atoms with Crippen LogP contribution < -0.4 is 4.74 Å². The molecule has 0 fully saturated rings. The van der Waals surface area contributed by atoms with Gasteiger partial charge in [-0.2, -0.15) is 0 Å². The van der Waals surface area contributed by atoms with Crippen LogP contribution in [0.4, 0.5) is 0 Å². The topological polar surface area (TPSA) is 35.5 Å². The number of esters is 1. The number of carbonyl (C=O) groups excluding carboxylic acids is 1. The molecule has 0 bridgehead atoms. The monoisotopic (exact) mass is 414 g/mol. The first-order valence-electron chi connectivity index (χ1n) is 10.6. The molecule has 0 aliphatic carbocycles. The van der Waals surface area contributed by atoms with Crippen LogP contribution in [0.3, 0.4) is 0 Å². The quantitative estimate of drug-likeness (QED) is 0.307. The van der Waals surface area contributed by atoms with E-state index in [0.29, 0.717) is 5.56 Å². The van der Waals surface area contributed by atoms with Crippen LogP contribution >= 0.6 is 0 Å². The van der Waals surface area contributed by atoms with Crippen LogP contribution in [-0.2, 0) is 16.6 Å². The van der Waals surface area contributed by atoms with E-state index in [0.717, 1.165) is 46.4 Å². The van der Waals surface area contributed by atoms with E-state index in [9.17, 15) is 4.79 Å². The smallest absolute Gasteiger partial charge is 0.343 e. The van der Waals surface area contributed by atoms with Crippen molar-refractivity contribution >= 4 is 5.97 Å². The summed E-state index contributed by atoms with van der Waals surface area (Å²) in [7, 11) is 0. The standard InChI is InChI=1S/C28H30O3/c1-7-20-17-21(11-15-24(20)27(29)30-8-2)22-12-16-25(28(4,5)6)26(18-22)31-23-13-9-19(3)10-14-23/h8-18H,2,7H2,1,3-6H3. The van der Waals surface area contributed by atoms with E-state index in [1.54, 1.807) is 0 Å². The Bertz CT molecular complexity index is 1090. The van der Waals surface area contributed by atoms with E-state index in [4.69, 9.17) is 9.47 Å². The number of aryl methyl sites for hydroxylation is 2. The van der Waals surface area contributed by atoms with Crippen LogP contribution in [0.25, 0.3) is 11.1 Å². The average molecular weight is 415 g/mol. The fourth-order valence-electron chi connectivity index (χ4n) is 3.54. The van der Waals surface area contributed by atoms with Gasteiger partial charge in [-0.15, -0.1) is 0 Å². The molecule has 0 aliphatic heterocycles. The maximum absolute atomic E-state index is 12.2. The Kier molecular flexibility index (Phi) is 6.65. The first kappa shape index (κ1) is 22.4. The second-order valence-electron chi connectivity index (χ2n) is 8.67. The van der Waals surface area contributed by atoms with Gasteiger partial charge in [-0.1, -0.05) is 76.2 Å². The van der Waals surface area contributed by atoms with Gasteiger partial charge in [-0.25, -0.2) is 4.79 Å².